The van der Waals surface area contributed by atoms with Crippen LogP contribution in [0.2, 0.25) is 0 Å². The van der Waals surface area contributed by atoms with Gasteiger partial charge in [0.25, 0.3) is 0 Å². The van der Waals surface area contributed by atoms with E-state index in [2.05, 4.69) is 63.6 Å². The number of hydrogen-bond acceptors (Lipinski definition) is 2. The van der Waals surface area contributed by atoms with Crippen LogP contribution >= 0.6 is 15.9 Å². The molecule has 1 unspecified atom stereocenters. The second kappa shape index (κ2) is 6.16. The summed E-state index contributed by atoms with van der Waals surface area (Å²) in [5.41, 5.74) is 2.41. The molecule has 0 fully saturated rings. The van der Waals surface area contributed by atoms with Crippen molar-refractivity contribution in [2.24, 2.45) is 7.05 Å². The molecule has 0 aliphatic heterocycles. The third-order valence-corrected chi connectivity index (χ3v) is 3.42. The van der Waals surface area contributed by atoms with Gasteiger partial charge in [-0.15, -0.1) is 0 Å². The molecule has 0 bridgehead atoms. The first kappa shape index (κ1) is 13.3. The second-order valence-electron chi connectivity index (χ2n) is 4.36. The normalized spacial score (nSPS) is 12.6. The summed E-state index contributed by atoms with van der Waals surface area (Å²) in [6.07, 6.45) is 2.94. The lowest BCUT2D eigenvalue weighted by atomic mass is 10.0. The fraction of sp³-hybridized carbons (Fsp3) is 0.357. The van der Waals surface area contributed by atoms with E-state index in [1.54, 1.807) is 0 Å². The zero-order valence-corrected chi connectivity index (χ0v) is 12.3. The predicted molar refractivity (Wildman–Crippen MR) is 77.5 cm³/mol. The van der Waals surface area contributed by atoms with Crippen molar-refractivity contribution >= 4 is 15.9 Å². The van der Waals surface area contributed by atoms with Crippen LogP contribution < -0.4 is 5.32 Å². The van der Waals surface area contributed by atoms with Crippen LogP contribution in [0.15, 0.2) is 41.0 Å². The summed E-state index contributed by atoms with van der Waals surface area (Å²) in [5, 5.41) is 7.98. The largest absolute Gasteiger partial charge is 0.309 e. The van der Waals surface area contributed by atoms with E-state index in [4.69, 9.17) is 0 Å². The van der Waals surface area contributed by atoms with Crippen LogP contribution in [-0.4, -0.2) is 16.3 Å². The van der Waals surface area contributed by atoms with Gasteiger partial charge in [-0.1, -0.05) is 35.0 Å². The van der Waals surface area contributed by atoms with E-state index >= 15 is 0 Å². The van der Waals surface area contributed by atoms with E-state index in [0.29, 0.717) is 0 Å². The van der Waals surface area contributed by atoms with Crippen LogP contribution in [0.25, 0.3) is 0 Å². The molecule has 4 heteroatoms. The average Bonchev–Trinajstić information content (AvgIpc) is 2.78. The summed E-state index contributed by atoms with van der Waals surface area (Å²) in [6.45, 7) is 3.06. The standard InChI is InChI=1S/C14H18BrN3/c1-3-16-14(13-8-9-18(2)17-13)10-11-4-6-12(15)7-5-11/h4-9,14,16H,3,10H2,1-2H3. The molecule has 1 aromatic heterocycles. The number of rotatable bonds is 5. The molecule has 18 heavy (non-hydrogen) atoms. The number of aryl methyl sites for hydroxylation is 1. The maximum absolute atomic E-state index is 4.49. The molecule has 1 aromatic carbocycles. The molecular formula is C14H18BrN3. The molecular weight excluding hydrogens is 290 g/mol. The molecule has 1 heterocycles. The molecule has 1 N–H and O–H groups in total. The van der Waals surface area contributed by atoms with Gasteiger partial charge in [-0.25, -0.2) is 0 Å². The maximum atomic E-state index is 4.49. The Hall–Kier alpha value is -1.13. The Kier molecular flexibility index (Phi) is 4.55. The van der Waals surface area contributed by atoms with Gasteiger partial charge in [-0.2, -0.15) is 5.10 Å². The van der Waals surface area contributed by atoms with Gasteiger partial charge in [0.05, 0.1) is 11.7 Å². The van der Waals surface area contributed by atoms with Crippen molar-refractivity contribution in [1.29, 1.82) is 0 Å². The van der Waals surface area contributed by atoms with Gasteiger partial charge in [-0.3, -0.25) is 4.68 Å². The average molecular weight is 308 g/mol. The fourth-order valence-corrected chi connectivity index (χ4v) is 2.27. The molecule has 1 atom stereocenters. The zero-order chi connectivity index (χ0) is 13.0. The van der Waals surface area contributed by atoms with E-state index in [1.807, 2.05) is 17.9 Å². The molecule has 0 amide bonds. The monoisotopic (exact) mass is 307 g/mol. The van der Waals surface area contributed by atoms with Crippen LogP contribution in [0.1, 0.15) is 24.2 Å². The highest BCUT2D eigenvalue weighted by Gasteiger charge is 2.13. The molecule has 0 saturated carbocycles. The summed E-state index contributed by atoms with van der Waals surface area (Å²) in [4.78, 5) is 0. The number of nitrogens with one attached hydrogen (secondary N) is 1. The van der Waals surface area contributed by atoms with E-state index in [1.165, 1.54) is 5.56 Å². The van der Waals surface area contributed by atoms with Crippen LogP contribution in [-0.2, 0) is 13.5 Å². The molecule has 0 aliphatic rings. The summed E-state index contributed by atoms with van der Waals surface area (Å²) in [6, 6.07) is 10.8. The first-order valence-electron chi connectivity index (χ1n) is 6.16. The van der Waals surface area contributed by atoms with Gasteiger partial charge in [0.1, 0.15) is 0 Å². The zero-order valence-electron chi connectivity index (χ0n) is 10.7. The number of aromatic nitrogens is 2. The molecule has 0 saturated heterocycles. The highest BCUT2D eigenvalue weighted by Crippen LogP contribution is 2.18. The Labute approximate surface area is 116 Å². The highest BCUT2D eigenvalue weighted by atomic mass is 79.9. The van der Waals surface area contributed by atoms with Crippen molar-refractivity contribution in [3.05, 3.63) is 52.3 Å². The smallest absolute Gasteiger partial charge is 0.0797 e. The molecule has 0 spiro atoms. The third-order valence-electron chi connectivity index (χ3n) is 2.89. The first-order valence-corrected chi connectivity index (χ1v) is 6.95. The lowest BCUT2D eigenvalue weighted by molar-refractivity contribution is 0.528. The van der Waals surface area contributed by atoms with Crippen molar-refractivity contribution in [2.45, 2.75) is 19.4 Å². The summed E-state index contributed by atoms with van der Waals surface area (Å²) >= 11 is 3.46. The Bertz CT molecular complexity index is 490. The Morgan fingerprint density at radius 1 is 1.28 bits per heavy atom. The predicted octanol–water partition coefficient (Wildman–Crippen LogP) is 3.08. The van der Waals surface area contributed by atoms with Gasteiger partial charge < -0.3 is 5.32 Å². The maximum Gasteiger partial charge on any atom is 0.0797 e. The van der Waals surface area contributed by atoms with Gasteiger partial charge in [0.2, 0.25) is 0 Å². The minimum atomic E-state index is 0.275. The van der Waals surface area contributed by atoms with Crippen LogP contribution in [0.4, 0.5) is 0 Å². The van der Waals surface area contributed by atoms with Crippen molar-refractivity contribution < 1.29 is 0 Å². The van der Waals surface area contributed by atoms with Crippen molar-refractivity contribution in [1.82, 2.24) is 15.1 Å². The number of nitrogens with zero attached hydrogens (tertiary/aromatic N) is 2. The Morgan fingerprint density at radius 2 is 2.00 bits per heavy atom. The number of hydrogen-bond donors (Lipinski definition) is 1. The fourth-order valence-electron chi connectivity index (χ4n) is 2.00. The lowest BCUT2D eigenvalue weighted by Crippen LogP contribution is -2.23. The summed E-state index contributed by atoms with van der Waals surface area (Å²) in [7, 11) is 1.95. The van der Waals surface area contributed by atoms with Crippen molar-refractivity contribution in [3.63, 3.8) is 0 Å². The molecule has 3 nitrogen and oxygen atoms in total. The molecule has 2 rings (SSSR count). The van der Waals surface area contributed by atoms with Crippen LogP contribution in [0.3, 0.4) is 0 Å². The Morgan fingerprint density at radius 3 is 2.56 bits per heavy atom. The minimum absolute atomic E-state index is 0.275. The van der Waals surface area contributed by atoms with Crippen LogP contribution in [0, 0.1) is 0 Å². The van der Waals surface area contributed by atoms with Gasteiger partial charge in [0.15, 0.2) is 0 Å². The van der Waals surface area contributed by atoms with E-state index in [9.17, 15) is 0 Å². The summed E-state index contributed by atoms with van der Waals surface area (Å²) in [5.74, 6) is 0. The second-order valence-corrected chi connectivity index (χ2v) is 5.27. The molecule has 96 valence electrons. The molecule has 0 radical (unpaired) electrons. The first-order chi connectivity index (χ1) is 8.69. The number of likely N-dealkylation sites (N-methyl/N-ethyl adjacent to an activating group) is 1. The third kappa shape index (κ3) is 3.43. The topological polar surface area (TPSA) is 29.9 Å². The van der Waals surface area contributed by atoms with Gasteiger partial charge in [0, 0.05) is 17.7 Å². The Balaban J connectivity index is 2.13. The molecule has 0 aliphatic carbocycles. The van der Waals surface area contributed by atoms with E-state index in [0.717, 1.165) is 23.1 Å². The minimum Gasteiger partial charge on any atom is -0.309 e. The van der Waals surface area contributed by atoms with E-state index < -0.39 is 0 Å². The van der Waals surface area contributed by atoms with Gasteiger partial charge >= 0.3 is 0 Å². The lowest BCUT2D eigenvalue weighted by Gasteiger charge is -2.15. The quantitative estimate of drug-likeness (QED) is 0.920. The van der Waals surface area contributed by atoms with Crippen molar-refractivity contribution in [2.75, 3.05) is 6.54 Å². The SMILES string of the molecule is CCNC(Cc1ccc(Br)cc1)c1ccn(C)n1. The van der Waals surface area contributed by atoms with Crippen molar-refractivity contribution in [3.8, 4) is 0 Å². The van der Waals surface area contributed by atoms with E-state index in [-0.39, 0.29) is 6.04 Å². The summed E-state index contributed by atoms with van der Waals surface area (Å²) < 4.78 is 2.96. The number of benzene rings is 1. The number of halogens is 1. The molecule has 2 aromatic rings. The van der Waals surface area contributed by atoms with Crippen LogP contribution in [0.5, 0.6) is 0 Å². The van der Waals surface area contributed by atoms with Gasteiger partial charge in [-0.05, 0) is 36.7 Å². The highest BCUT2D eigenvalue weighted by molar-refractivity contribution is 9.10.